The number of hydrogen-bond donors (Lipinski definition) is 2. The van der Waals surface area contributed by atoms with E-state index in [1.807, 2.05) is 13.0 Å². The Morgan fingerprint density at radius 3 is 2.55 bits per heavy atom. The van der Waals surface area contributed by atoms with Crippen molar-refractivity contribution in [2.75, 3.05) is 18.1 Å². The van der Waals surface area contributed by atoms with Crippen LogP contribution in [0.4, 0.5) is 0 Å². The number of nitrogens with one attached hydrogen (secondary N) is 1. The molecule has 0 radical (unpaired) electrons. The van der Waals surface area contributed by atoms with Crippen molar-refractivity contribution in [3.05, 3.63) is 28.8 Å². The summed E-state index contributed by atoms with van der Waals surface area (Å²) >= 11 is 0. The Kier molecular flexibility index (Phi) is 5.17. The van der Waals surface area contributed by atoms with Gasteiger partial charge in [-0.1, -0.05) is 13.8 Å². The van der Waals surface area contributed by atoms with Crippen molar-refractivity contribution in [1.29, 1.82) is 0 Å². The lowest BCUT2D eigenvalue weighted by molar-refractivity contribution is -0.934. The molecule has 1 aromatic rings. The molecule has 22 heavy (non-hydrogen) atoms. The number of hydrogen-bond acceptors (Lipinski definition) is 3. The fourth-order valence-corrected chi connectivity index (χ4v) is 5.27. The molecule has 2 rings (SSSR count). The zero-order valence-electron chi connectivity index (χ0n) is 14.0. The van der Waals surface area contributed by atoms with E-state index in [1.54, 1.807) is 0 Å². The molecule has 5 heteroatoms. The number of phenols is 1. The number of sulfone groups is 1. The second-order valence-electron chi connectivity index (χ2n) is 6.78. The third-order valence-corrected chi connectivity index (χ3v) is 6.54. The predicted molar refractivity (Wildman–Crippen MR) is 89.2 cm³/mol. The second-order valence-corrected chi connectivity index (χ2v) is 9.01. The predicted octanol–water partition coefficient (Wildman–Crippen LogP) is 1.42. The van der Waals surface area contributed by atoms with Gasteiger partial charge in [0.15, 0.2) is 9.84 Å². The maximum Gasteiger partial charge on any atom is 0.156 e. The van der Waals surface area contributed by atoms with Gasteiger partial charge in [-0.05, 0) is 43.0 Å². The SMILES string of the molecule is CC[NH+](Cc1cc(C(C)C)c(C)cc1O)[C@@H]1CCS(=O)(=O)C1. The monoisotopic (exact) mass is 326 g/mol. The number of benzene rings is 1. The first kappa shape index (κ1) is 17.3. The van der Waals surface area contributed by atoms with E-state index in [-0.39, 0.29) is 11.8 Å². The maximum atomic E-state index is 11.7. The number of rotatable bonds is 5. The fraction of sp³-hybridized carbons (Fsp3) is 0.647. The fourth-order valence-electron chi connectivity index (χ4n) is 3.44. The molecular weight excluding hydrogens is 298 g/mol. The molecule has 1 saturated heterocycles. The molecule has 0 bridgehead atoms. The molecule has 0 saturated carbocycles. The molecule has 0 spiro atoms. The van der Waals surface area contributed by atoms with Crippen molar-refractivity contribution in [1.82, 2.24) is 0 Å². The number of quaternary nitrogens is 1. The van der Waals surface area contributed by atoms with Gasteiger partial charge >= 0.3 is 0 Å². The lowest BCUT2D eigenvalue weighted by Crippen LogP contribution is -3.14. The van der Waals surface area contributed by atoms with Gasteiger partial charge in [-0.15, -0.1) is 0 Å². The highest BCUT2D eigenvalue weighted by Gasteiger charge is 2.35. The van der Waals surface area contributed by atoms with Crippen LogP contribution in [0.25, 0.3) is 0 Å². The molecule has 2 atom stereocenters. The van der Waals surface area contributed by atoms with Crippen LogP contribution in [0, 0.1) is 6.92 Å². The van der Waals surface area contributed by atoms with Crippen LogP contribution in [-0.2, 0) is 16.4 Å². The molecule has 124 valence electrons. The topological polar surface area (TPSA) is 58.8 Å². The summed E-state index contributed by atoms with van der Waals surface area (Å²) in [7, 11) is -2.86. The van der Waals surface area contributed by atoms with Crippen LogP contribution in [-0.4, -0.2) is 37.6 Å². The minimum absolute atomic E-state index is 0.151. The molecule has 2 N–H and O–H groups in total. The van der Waals surface area contributed by atoms with E-state index in [4.69, 9.17) is 0 Å². The summed E-state index contributed by atoms with van der Waals surface area (Å²) in [5, 5.41) is 10.3. The molecule has 1 aromatic carbocycles. The number of aryl methyl sites for hydroxylation is 1. The van der Waals surface area contributed by atoms with Crippen molar-refractivity contribution in [2.45, 2.75) is 52.6 Å². The first-order valence-corrected chi connectivity index (χ1v) is 9.93. The van der Waals surface area contributed by atoms with E-state index >= 15 is 0 Å². The average molecular weight is 326 g/mol. The highest BCUT2D eigenvalue weighted by molar-refractivity contribution is 7.91. The summed E-state index contributed by atoms with van der Waals surface area (Å²) in [6, 6.07) is 4.08. The Hall–Kier alpha value is -1.07. The van der Waals surface area contributed by atoms with Crippen LogP contribution in [0.3, 0.4) is 0 Å². The van der Waals surface area contributed by atoms with E-state index in [1.165, 1.54) is 10.5 Å². The quantitative estimate of drug-likeness (QED) is 0.860. The lowest BCUT2D eigenvalue weighted by atomic mass is 9.95. The third-order valence-electron chi connectivity index (χ3n) is 4.77. The van der Waals surface area contributed by atoms with E-state index < -0.39 is 9.84 Å². The number of phenolic OH excluding ortho intramolecular Hbond substituents is 1. The molecular formula is C17H28NO3S+. The first-order chi connectivity index (χ1) is 10.2. The third kappa shape index (κ3) is 3.82. The molecule has 4 nitrogen and oxygen atoms in total. The molecule has 1 aliphatic heterocycles. The smallest absolute Gasteiger partial charge is 0.156 e. The summed E-state index contributed by atoms with van der Waals surface area (Å²) in [5.41, 5.74) is 3.29. The van der Waals surface area contributed by atoms with E-state index in [9.17, 15) is 13.5 Å². The first-order valence-electron chi connectivity index (χ1n) is 8.11. The summed E-state index contributed by atoms with van der Waals surface area (Å²) in [4.78, 5) is 1.25. The van der Waals surface area contributed by atoms with Crippen LogP contribution < -0.4 is 4.90 Å². The molecule has 0 aliphatic carbocycles. The lowest BCUT2D eigenvalue weighted by Gasteiger charge is -2.24. The van der Waals surface area contributed by atoms with Crippen LogP contribution in [0.2, 0.25) is 0 Å². The van der Waals surface area contributed by atoms with Crippen molar-refractivity contribution in [3.63, 3.8) is 0 Å². The number of aromatic hydroxyl groups is 1. The Balaban J connectivity index is 2.23. The van der Waals surface area contributed by atoms with Crippen molar-refractivity contribution < 1.29 is 18.4 Å². The Labute approximate surface area is 134 Å². The summed E-state index contributed by atoms with van der Waals surface area (Å²) in [5.74, 6) is 1.32. The van der Waals surface area contributed by atoms with Gasteiger partial charge < -0.3 is 10.0 Å². The van der Waals surface area contributed by atoms with E-state index in [2.05, 4.69) is 26.8 Å². The van der Waals surface area contributed by atoms with E-state index in [0.29, 0.717) is 24.0 Å². The molecule has 1 unspecified atom stereocenters. The van der Waals surface area contributed by atoms with Gasteiger partial charge in [-0.3, -0.25) is 0 Å². The summed E-state index contributed by atoms with van der Waals surface area (Å²) in [6.07, 6.45) is 0.731. The van der Waals surface area contributed by atoms with E-state index in [0.717, 1.165) is 24.1 Å². The largest absolute Gasteiger partial charge is 0.507 e. The van der Waals surface area contributed by atoms with Crippen LogP contribution >= 0.6 is 0 Å². The molecule has 1 heterocycles. The second kappa shape index (κ2) is 6.59. The molecule has 0 aromatic heterocycles. The Morgan fingerprint density at radius 1 is 1.36 bits per heavy atom. The van der Waals surface area contributed by atoms with Gasteiger partial charge in [-0.2, -0.15) is 0 Å². The standard InChI is InChI=1S/C17H27NO3S/c1-5-18(15-6-7-22(20,21)11-15)10-14-9-16(12(2)3)13(4)8-17(14)19/h8-9,12,15,19H,5-7,10-11H2,1-4H3/p+1/t15-/m1/s1. The zero-order valence-corrected chi connectivity index (χ0v) is 14.8. The van der Waals surface area contributed by atoms with Crippen LogP contribution in [0.5, 0.6) is 5.75 Å². The van der Waals surface area contributed by atoms with Crippen LogP contribution in [0.15, 0.2) is 12.1 Å². The molecule has 0 amide bonds. The highest BCUT2D eigenvalue weighted by Crippen LogP contribution is 2.27. The van der Waals surface area contributed by atoms with Gasteiger partial charge in [0.2, 0.25) is 0 Å². The Morgan fingerprint density at radius 2 is 2.05 bits per heavy atom. The van der Waals surface area contributed by atoms with Gasteiger partial charge in [0.05, 0.1) is 12.3 Å². The van der Waals surface area contributed by atoms with Gasteiger partial charge in [-0.25, -0.2) is 8.42 Å². The van der Waals surface area contributed by atoms with Crippen LogP contribution in [0.1, 0.15) is 49.8 Å². The van der Waals surface area contributed by atoms with Gasteiger partial charge in [0.1, 0.15) is 24.1 Å². The van der Waals surface area contributed by atoms with Gasteiger partial charge in [0, 0.05) is 12.0 Å². The maximum absolute atomic E-state index is 11.7. The van der Waals surface area contributed by atoms with Crippen molar-refractivity contribution in [3.8, 4) is 5.75 Å². The zero-order chi connectivity index (χ0) is 16.5. The Bertz CT molecular complexity index is 638. The minimum atomic E-state index is -2.86. The molecule has 1 aliphatic rings. The van der Waals surface area contributed by atoms with Gasteiger partial charge in [0.25, 0.3) is 0 Å². The van der Waals surface area contributed by atoms with Crippen molar-refractivity contribution in [2.24, 2.45) is 0 Å². The highest BCUT2D eigenvalue weighted by atomic mass is 32.2. The molecule has 1 fully saturated rings. The normalized spacial score (nSPS) is 22.1. The summed E-state index contributed by atoms with van der Waals surface area (Å²) in [6.45, 7) is 9.95. The average Bonchev–Trinajstić information content (AvgIpc) is 2.77. The van der Waals surface area contributed by atoms with Crippen molar-refractivity contribution >= 4 is 9.84 Å². The minimum Gasteiger partial charge on any atom is -0.507 e. The summed E-state index contributed by atoms with van der Waals surface area (Å²) < 4.78 is 23.4.